The molecule has 0 radical (unpaired) electrons. The number of aliphatic imine (C=N–C) groups is 1. The first-order valence-corrected chi connectivity index (χ1v) is 10.6. The predicted molar refractivity (Wildman–Crippen MR) is 128 cm³/mol. The average molecular weight is 514 g/mol. The van der Waals surface area contributed by atoms with E-state index in [-0.39, 0.29) is 24.0 Å². The van der Waals surface area contributed by atoms with Crippen LogP contribution in [0, 0.1) is 12.8 Å². The van der Waals surface area contributed by atoms with Gasteiger partial charge in [-0.1, -0.05) is 19.1 Å². The van der Waals surface area contributed by atoms with E-state index in [2.05, 4.69) is 52.7 Å². The summed E-state index contributed by atoms with van der Waals surface area (Å²) in [7, 11) is 1.80. The molecule has 1 fully saturated rings. The molecule has 0 saturated heterocycles. The van der Waals surface area contributed by atoms with Crippen LogP contribution in [0.5, 0.6) is 5.75 Å². The standard InChI is InChI=1S/C21H30N4OS.HI/c1-4-18-13-24-20(27-18)9-10-23-21(22-3)25-12-17-8-5-15(2)11-19(17)26-14-16-6-7-16;/h5,8,11,13,16H,4,6-7,9-10,12,14H2,1-3H3,(H2,22,23,25);1H. The quantitative estimate of drug-likeness (QED) is 0.297. The van der Waals surface area contributed by atoms with Crippen LogP contribution < -0.4 is 15.4 Å². The van der Waals surface area contributed by atoms with Gasteiger partial charge in [0.05, 0.1) is 11.6 Å². The molecule has 1 aliphatic rings. The molecule has 1 aromatic carbocycles. The molecule has 1 saturated carbocycles. The monoisotopic (exact) mass is 514 g/mol. The summed E-state index contributed by atoms with van der Waals surface area (Å²) in [5.74, 6) is 2.54. The lowest BCUT2D eigenvalue weighted by molar-refractivity contribution is 0.296. The van der Waals surface area contributed by atoms with Gasteiger partial charge < -0.3 is 15.4 Å². The molecule has 154 valence electrons. The van der Waals surface area contributed by atoms with Gasteiger partial charge in [-0.25, -0.2) is 4.98 Å². The van der Waals surface area contributed by atoms with Gasteiger partial charge in [0.2, 0.25) is 0 Å². The number of nitrogens with one attached hydrogen (secondary N) is 2. The van der Waals surface area contributed by atoms with Crippen LogP contribution in [0.1, 0.15) is 40.8 Å². The van der Waals surface area contributed by atoms with Crippen LogP contribution in [0.15, 0.2) is 29.4 Å². The van der Waals surface area contributed by atoms with Gasteiger partial charge in [-0.05, 0) is 43.7 Å². The number of benzene rings is 1. The molecule has 1 aromatic heterocycles. The van der Waals surface area contributed by atoms with Gasteiger partial charge in [-0.3, -0.25) is 4.99 Å². The third-order valence-electron chi connectivity index (χ3n) is 4.65. The minimum Gasteiger partial charge on any atom is -0.493 e. The van der Waals surface area contributed by atoms with E-state index < -0.39 is 0 Å². The molecule has 28 heavy (non-hydrogen) atoms. The molecule has 3 rings (SSSR count). The Morgan fingerprint density at radius 3 is 2.82 bits per heavy atom. The molecular weight excluding hydrogens is 483 g/mol. The minimum absolute atomic E-state index is 0. The number of halogens is 1. The van der Waals surface area contributed by atoms with Crippen molar-refractivity contribution in [3.8, 4) is 5.75 Å². The molecule has 0 spiro atoms. The second-order valence-electron chi connectivity index (χ2n) is 7.04. The van der Waals surface area contributed by atoms with E-state index in [0.29, 0.717) is 6.54 Å². The Morgan fingerprint density at radius 2 is 2.14 bits per heavy atom. The van der Waals surface area contributed by atoms with E-state index in [0.717, 1.165) is 49.2 Å². The van der Waals surface area contributed by atoms with Gasteiger partial charge in [0, 0.05) is 43.2 Å². The van der Waals surface area contributed by atoms with Crippen molar-refractivity contribution in [2.24, 2.45) is 10.9 Å². The summed E-state index contributed by atoms with van der Waals surface area (Å²) in [5.41, 5.74) is 2.39. The van der Waals surface area contributed by atoms with E-state index in [9.17, 15) is 0 Å². The van der Waals surface area contributed by atoms with Crippen LogP contribution in [0.3, 0.4) is 0 Å². The van der Waals surface area contributed by atoms with Gasteiger partial charge in [-0.2, -0.15) is 0 Å². The van der Waals surface area contributed by atoms with Crippen LogP contribution in [-0.2, 0) is 19.4 Å². The number of thiazole rings is 1. The Bertz CT molecular complexity index is 774. The number of rotatable bonds is 9. The van der Waals surface area contributed by atoms with Crippen molar-refractivity contribution < 1.29 is 4.74 Å². The van der Waals surface area contributed by atoms with Crippen LogP contribution >= 0.6 is 35.3 Å². The van der Waals surface area contributed by atoms with E-state index in [1.54, 1.807) is 18.4 Å². The summed E-state index contributed by atoms with van der Waals surface area (Å²) in [4.78, 5) is 10.1. The van der Waals surface area contributed by atoms with E-state index in [1.807, 2.05) is 6.20 Å². The van der Waals surface area contributed by atoms with Gasteiger partial charge in [0.1, 0.15) is 5.75 Å². The Hall–Kier alpha value is -1.35. The molecule has 2 N–H and O–H groups in total. The largest absolute Gasteiger partial charge is 0.493 e. The molecule has 0 amide bonds. The van der Waals surface area contributed by atoms with Crippen LogP contribution in [-0.4, -0.2) is 31.1 Å². The summed E-state index contributed by atoms with van der Waals surface area (Å²) in [6, 6.07) is 6.40. The maximum absolute atomic E-state index is 6.05. The first-order valence-electron chi connectivity index (χ1n) is 9.78. The number of guanidine groups is 1. The lowest BCUT2D eigenvalue weighted by Gasteiger charge is -2.15. The molecule has 0 atom stereocenters. The smallest absolute Gasteiger partial charge is 0.191 e. The van der Waals surface area contributed by atoms with E-state index >= 15 is 0 Å². The first-order chi connectivity index (χ1) is 13.2. The third kappa shape index (κ3) is 7.24. The highest BCUT2D eigenvalue weighted by molar-refractivity contribution is 14.0. The lowest BCUT2D eigenvalue weighted by atomic mass is 10.1. The van der Waals surface area contributed by atoms with E-state index in [4.69, 9.17) is 4.74 Å². The molecule has 0 bridgehead atoms. The number of nitrogens with zero attached hydrogens (tertiary/aromatic N) is 2. The van der Waals surface area contributed by atoms with Crippen molar-refractivity contribution in [1.82, 2.24) is 15.6 Å². The number of aromatic nitrogens is 1. The van der Waals surface area contributed by atoms with Crippen molar-refractivity contribution in [2.45, 2.75) is 46.1 Å². The van der Waals surface area contributed by atoms with Crippen LogP contribution in [0.2, 0.25) is 0 Å². The Balaban J connectivity index is 0.00000280. The van der Waals surface area contributed by atoms with Crippen molar-refractivity contribution in [3.63, 3.8) is 0 Å². The highest BCUT2D eigenvalue weighted by atomic mass is 127. The van der Waals surface area contributed by atoms with Crippen LogP contribution in [0.25, 0.3) is 0 Å². The second kappa shape index (κ2) is 11.6. The zero-order valence-corrected chi connectivity index (χ0v) is 20.1. The maximum Gasteiger partial charge on any atom is 0.191 e. The summed E-state index contributed by atoms with van der Waals surface area (Å²) in [6.07, 6.45) is 6.54. The van der Waals surface area contributed by atoms with Gasteiger partial charge in [0.15, 0.2) is 5.96 Å². The summed E-state index contributed by atoms with van der Waals surface area (Å²) >= 11 is 1.79. The summed E-state index contributed by atoms with van der Waals surface area (Å²) in [5, 5.41) is 7.94. The molecule has 2 aromatic rings. The van der Waals surface area contributed by atoms with Crippen molar-refractivity contribution in [1.29, 1.82) is 0 Å². The zero-order valence-electron chi connectivity index (χ0n) is 17.0. The minimum atomic E-state index is 0. The first kappa shape index (κ1) is 22.9. The maximum atomic E-state index is 6.05. The van der Waals surface area contributed by atoms with Crippen LogP contribution in [0.4, 0.5) is 0 Å². The summed E-state index contributed by atoms with van der Waals surface area (Å²) < 4.78 is 6.05. The fraction of sp³-hybridized carbons (Fsp3) is 0.524. The SMILES string of the molecule is CCc1cnc(CCNC(=NC)NCc2ccc(C)cc2OCC2CC2)s1.I. The fourth-order valence-corrected chi connectivity index (χ4v) is 3.61. The average Bonchev–Trinajstić information content (AvgIpc) is 3.40. The zero-order chi connectivity index (χ0) is 19.1. The molecule has 7 heteroatoms. The Labute approximate surface area is 189 Å². The van der Waals surface area contributed by atoms with Crippen molar-refractivity contribution in [3.05, 3.63) is 45.4 Å². The van der Waals surface area contributed by atoms with Gasteiger partial charge in [0.25, 0.3) is 0 Å². The number of ether oxygens (including phenoxy) is 1. The van der Waals surface area contributed by atoms with E-state index in [1.165, 1.54) is 28.3 Å². The summed E-state index contributed by atoms with van der Waals surface area (Å²) in [6.45, 7) is 6.60. The number of hydrogen-bond acceptors (Lipinski definition) is 4. The highest BCUT2D eigenvalue weighted by Gasteiger charge is 2.22. The molecule has 5 nitrogen and oxygen atoms in total. The topological polar surface area (TPSA) is 58.5 Å². The molecule has 1 aliphatic carbocycles. The Morgan fingerprint density at radius 1 is 1.32 bits per heavy atom. The molecule has 0 unspecified atom stereocenters. The number of aryl methyl sites for hydroxylation is 2. The van der Waals surface area contributed by atoms with Gasteiger partial charge in [-0.15, -0.1) is 35.3 Å². The fourth-order valence-electron chi connectivity index (χ4n) is 2.75. The molecular formula is C21H31IN4OS. The molecule has 1 heterocycles. The second-order valence-corrected chi connectivity index (χ2v) is 8.24. The predicted octanol–water partition coefficient (Wildman–Crippen LogP) is 4.33. The third-order valence-corrected chi connectivity index (χ3v) is 5.85. The van der Waals surface area contributed by atoms with Crippen molar-refractivity contribution >= 4 is 41.3 Å². The lowest BCUT2D eigenvalue weighted by Crippen LogP contribution is -2.37. The van der Waals surface area contributed by atoms with Gasteiger partial charge >= 0.3 is 0 Å². The Kier molecular flexibility index (Phi) is 9.50. The molecule has 0 aliphatic heterocycles. The highest BCUT2D eigenvalue weighted by Crippen LogP contribution is 2.30. The van der Waals surface area contributed by atoms with Crippen molar-refractivity contribution in [2.75, 3.05) is 20.2 Å². The number of hydrogen-bond donors (Lipinski definition) is 2. The normalized spacial score (nSPS) is 13.8.